The fourth-order valence-electron chi connectivity index (χ4n) is 2.76. The van der Waals surface area contributed by atoms with E-state index >= 15 is 0 Å². The van der Waals surface area contributed by atoms with E-state index in [9.17, 15) is 9.59 Å². The van der Waals surface area contributed by atoms with Crippen molar-refractivity contribution in [3.05, 3.63) is 69.1 Å². The van der Waals surface area contributed by atoms with Gasteiger partial charge >= 0.3 is 11.8 Å². The summed E-state index contributed by atoms with van der Waals surface area (Å²) in [4.78, 5) is 25.5. The number of anilines is 1. The summed E-state index contributed by atoms with van der Waals surface area (Å²) < 4.78 is 1.87. The lowest BCUT2D eigenvalue weighted by molar-refractivity contribution is -0.136. The molecule has 1 aromatic carbocycles. The zero-order valence-electron chi connectivity index (χ0n) is 14.9. The molecule has 27 heavy (non-hydrogen) atoms. The van der Waals surface area contributed by atoms with Crippen LogP contribution in [-0.4, -0.2) is 28.1 Å². The van der Waals surface area contributed by atoms with Gasteiger partial charge in [0.15, 0.2) is 0 Å². The van der Waals surface area contributed by atoms with E-state index in [2.05, 4.69) is 15.7 Å². The van der Waals surface area contributed by atoms with Gasteiger partial charge in [-0.3, -0.25) is 14.3 Å². The number of hydrogen-bond acceptors (Lipinski definition) is 4. The number of thiophene rings is 1. The van der Waals surface area contributed by atoms with Crippen LogP contribution in [0.2, 0.25) is 5.02 Å². The third-order valence-electron chi connectivity index (χ3n) is 4.00. The Balaban J connectivity index is 1.70. The Hall–Kier alpha value is -2.64. The molecule has 0 aliphatic rings. The summed E-state index contributed by atoms with van der Waals surface area (Å²) in [6.45, 7) is 4.13. The van der Waals surface area contributed by atoms with Crippen LogP contribution in [0.25, 0.3) is 0 Å². The Bertz CT molecular complexity index is 953. The van der Waals surface area contributed by atoms with E-state index in [-0.39, 0.29) is 12.6 Å². The van der Waals surface area contributed by atoms with Gasteiger partial charge < -0.3 is 10.6 Å². The molecular weight excluding hydrogens is 384 g/mol. The summed E-state index contributed by atoms with van der Waals surface area (Å²) in [6.07, 6.45) is 0. The van der Waals surface area contributed by atoms with E-state index < -0.39 is 11.8 Å². The normalized spacial score (nSPS) is 11.8. The van der Waals surface area contributed by atoms with Crippen LogP contribution in [-0.2, 0) is 9.59 Å². The quantitative estimate of drug-likeness (QED) is 0.640. The topological polar surface area (TPSA) is 76.0 Å². The SMILES string of the molecule is Cc1cc(C)n(C(CNC(=O)C(=O)Nc2ccccc2Cl)c2cccs2)n1. The molecule has 1 atom stereocenters. The molecule has 2 N–H and O–H groups in total. The molecule has 140 valence electrons. The highest BCUT2D eigenvalue weighted by Gasteiger charge is 2.21. The third-order valence-corrected chi connectivity index (χ3v) is 5.30. The summed E-state index contributed by atoms with van der Waals surface area (Å²) >= 11 is 7.59. The summed E-state index contributed by atoms with van der Waals surface area (Å²) in [5, 5.41) is 12.1. The van der Waals surface area contributed by atoms with E-state index in [1.807, 2.05) is 42.1 Å². The van der Waals surface area contributed by atoms with Gasteiger partial charge in [0, 0.05) is 17.1 Å². The second-order valence-corrected chi connectivity index (χ2v) is 7.43. The maximum Gasteiger partial charge on any atom is 0.313 e. The van der Waals surface area contributed by atoms with Crippen molar-refractivity contribution >= 4 is 40.4 Å². The molecule has 2 heterocycles. The van der Waals surface area contributed by atoms with E-state index in [0.717, 1.165) is 16.3 Å². The molecule has 2 amide bonds. The zero-order chi connectivity index (χ0) is 19.4. The fourth-order valence-corrected chi connectivity index (χ4v) is 3.76. The van der Waals surface area contributed by atoms with Gasteiger partial charge in [-0.15, -0.1) is 11.3 Å². The monoisotopic (exact) mass is 402 g/mol. The molecule has 8 heteroatoms. The molecule has 3 rings (SSSR count). The number of hydrogen-bond donors (Lipinski definition) is 2. The number of carbonyl (C=O) groups is 2. The Morgan fingerprint density at radius 1 is 1.19 bits per heavy atom. The lowest BCUT2D eigenvalue weighted by Crippen LogP contribution is -2.39. The van der Waals surface area contributed by atoms with Crippen molar-refractivity contribution in [2.45, 2.75) is 19.9 Å². The number of rotatable bonds is 5. The van der Waals surface area contributed by atoms with Gasteiger partial charge in [0.2, 0.25) is 0 Å². The van der Waals surface area contributed by atoms with Gasteiger partial charge in [0.25, 0.3) is 0 Å². The molecule has 0 radical (unpaired) electrons. The second-order valence-electron chi connectivity index (χ2n) is 6.05. The number of nitrogens with zero attached hydrogens (tertiary/aromatic N) is 2. The van der Waals surface area contributed by atoms with Crippen LogP contribution in [0.5, 0.6) is 0 Å². The van der Waals surface area contributed by atoms with Crippen LogP contribution < -0.4 is 10.6 Å². The van der Waals surface area contributed by atoms with Crippen molar-refractivity contribution in [1.29, 1.82) is 0 Å². The first-order valence-corrected chi connectivity index (χ1v) is 9.61. The van der Waals surface area contributed by atoms with Gasteiger partial charge in [-0.1, -0.05) is 29.8 Å². The maximum atomic E-state index is 12.3. The Morgan fingerprint density at radius 3 is 2.59 bits per heavy atom. The van der Waals surface area contributed by atoms with Crippen LogP contribution >= 0.6 is 22.9 Å². The molecule has 1 unspecified atom stereocenters. The average Bonchev–Trinajstić information content (AvgIpc) is 3.27. The second kappa shape index (κ2) is 8.37. The maximum absolute atomic E-state index is 12.3. The number of aromatic nitrogens is 2. The van der Waals surface area contributed by atoms with Crippen molar-refractivity contribution < 1.29 is 9.59 Å². The molecule has 6 nitrogen and oxygen atoms in total. The summed E-state index contributed by atoms with van der Waals surface area (Å²) in [6, 6.07) is 12.5. The van der Waals surface area contributed by atoms with Gasteiger partial charge in [-0.25, -0.2) is 0 Å². The van der Waals surface area contributed by atoms with Crippen molar-refractivity contribution in [2.75, 3.05) is 11.9 Å². The lowest BCUT2D eigenvalue weighted by Gasteiger charge is -2.18. The number of benzene rings is 1. The van der Waals surface area contributed by atoms with E-state index in [1.165, 1.54) is 0 Å². The fraction of sp³-hybridized carbons (Fsp3) is 0.211. The molecule has 0 saturated heterocycles. The Labute approximate surface area is 166 Å². The standard InChI is InChI=1S/C19H19ClN4O2S/c1-12-10-13(2)24(23-12)16(17-8-5-9-27-17)11-21-18(25)19(26)22-15-7-4-3-6-14(15)20/h3-10,16H,11H2,1-2H3,(H,21,25)(H,22,26). The number of nitrogens with one attached hydrogen (secondary N) is 2. The minimum absolute atomic E-state index is 0.184. The number of para-hydroxylation sites is 1. The summed E-state index contributed by atoms with van der Waals surface area (Å²) in [5.74, 6) is -1.49. The van der Waals surface area contributed by atoms with Crippen molar-refractivity contribution in [3.63, 3.8) is 0 Å². The van der Waals surface area contributed by atoms with Crippen LogP contribution in [0.3, 0.4) is 0 Å². The zero-order valence-corrected chi connectivity index (χ0v) is 16.5. The molecule has 2 aromatic heterocycles. The summed E-state index contributed by atoms with van der Waals surface area (Å²) in [5.41, 5.74) is 2.28. The van der Waals surface area contributed by atoms with E-state index in [1.54, 1.807) is 35.6 Å². The number of carbonyl (C=O) groups excluding carboxylic acids is 2. The molecule has 0 aliphatic carbocycles. The minimum atomic E-state index is -0.763. The molecule has 0 bridgehead atoms. The molecule has 0 fully saturated rings. The Kier molecular flexibility index (Phi) is 5.93. The predicted octanol–water partition coefficient (Wildman–Crippen LogP) is 3.56. The highest BCUT2D eigenvalue weighted by Crippen LogP contribution is 2.24. The first-order chi connectivity index (χ1) is 13.0. The van der Waals surface area contributed by atoms with Crippen LogP contribution in [0.15, 0.2) is 47.8 Å². The van der Waals surface area contributed by atoms with Crippen LogP contribution in [0.4, 0.5) is 5.69 Å². The highest BCUT2D eigenvalue weighted by molar-refractivity contribution is 7.10. The first-order valence-electron chi connectivity index (χ1n) is 8.35. The van der Waals surface area contributed by atoms with Gasteiger partial charge in [-0.05, 0) is 43.5 Å². The minimum Gasteiger partial charge on any atom is -0.345 e. The van der Waals surface area contributed by atoms with E-state index in [4.69, 9.17) is 11.6 Å². The van der Waals surface area contributed by atoms with Crippen LogP contribution in [0.1, 0.15) is 22.3 Å². The van der Waals surface area contributed by atoms with Crippen molar-refractivity contribution in [2.24, 2.45) is 0 Å². The first kappa shape index (κ1) is 19.1. The number of aryl methyl sites for hydroxylation is 2. The van der Waals surface area contributed by atoms with Gasteiger partial charge in [0.05, 0.1) is 16.4 Å². The predicted molar refractivity (Wildman–Crippen MR) is 107 cm³/mol. The summed E-state index contributed by atoms with van der Waals surface area (Å²) in [7, 11) is 0. The third kappa shape index (κ3) is 4.56. The molecule has 0 aliphatic heterocycles. The molecule has 0 saturated carbocycles. The average molecular weight is 403 g/mol. The molecule has 3 aromatic rings. The molecular formula is C19H19ClN4O2S. The highest BCUT2D eigenvalue weighted by atomic mass is 35.5. The molecule has 0 spiro atoms. The smallest absolute Gasteiger partial charge is 0.313 e. The van der Waals surface area contributed by atoms with Crippen molar-refractivity contribution in [3.8, 4) is 0 Å². The number of halogens is 1. The lowest BCUT2D eigenvalue weighted by atomic mass is 10.2. The number of amides is 2. The largest absolute Gasteiger partial charge is 0.345 e. The van der Waals surface area contributed by atoms with Crippen molar-refractivity contribution in [1.82, 2.24) is 15.1 Å². The van der Waals surface area contributed by atoms with Crippen LogP contribution in [0, 0.1) is 13.8 Å². The van der Waals surface area contributed by atoms with Gasteiger partial charge in [0.1, 0.15) is 6.04 Å². The van der Waals surface area contributed by atoms with Gasteiger partial charge in [-0.2, -0.15) is 5.10 Å². The van der Waals surface area contributed by atoms with E-state index in [0.29, 0.717) is 10.7 Å². The Morgan fingerprint density at radius 2 is 1.96 bits per heavy atom.